The number of ether oxygens (including phenoxy) is 2. The van der Waals surface area contributed by atoms with Gasteiger partial charge in [-0.2, -0.15) is 0 Å². The van der Waals surface area contributed by atoms with Crippen LogP contribution < -0.4 is 20.1 Å². The van der Waals surface area contributed by atoms with Gasteiger partial charge in [0.05, 0.1) is 24.9 Å². The fraction of sp³-hybridized carbons (Fsp3) is 0.423. The zero-order valence-corrected chi connectivity index (χ0v) is 20.9. The number of benzene rings is 2. The van der Waals surface area contributed by atoms with Gasteiger partial charge in [-0.25, -0.2) is 14.4 Å². The minimum absolute atomic E-state index is 0.0182. The molecule has 0 bridgehead atoms. The summed E-state index contributed by atoms with van der Waals surface area (Å²) >= 11 is 6.03. The molecule has 5 rings (SSSR count). The van der Waals surface area contributed by atoms with Crippen LogP contribution >= 0.6 is 11.6 Å². The van der Waals surface area contributed by atoms with E-state index in [9.17, 15) is 9.18 Å². The van der Waals surface area contributed by atoms with E-state index >= 15 is 0 Å². The van der Waals surface area contributed by atoms with Crippen LogP contribution in [0.5, 0.6) is 11.5 Å². The Morgan fingerprint density at radius 1 is 1.17 bits per heavy atom. The number of carbonyl (C=O) groups is 1. The second-order valence-electron chi connectivity index (χ2n) is 9.36. The Balaban J connectivity index is 1.23. The molecule has 2 saturated heterocycles. The van der Waals surface area contributed by atoms with Crippen LogP contribution in [-0.4, -0.2) is 59.7 Å². The lowest BCUT2D eigenvalue weighted by atomic mass is 9.86. The zero-order valence-electron chi connectivity index (χ0n) is 20.2. The van der Waals surface area contributed by atoms with Gasteiger partial charge in [0.2, 0.25) is 5.91 Å². The van der Waals surface area contributed by atoms with Crippen LogP contribution in [0, 0.1) is 5.82 Å². The van der Waals surface area contributed by atoms with E-state index in [1.165, 1.54) is 24.5 Å². The Hall–Kier alpha value is -3.17. The molecule has 0 saturated carbocycles. The summed E-state index contributed by atoms with van der Waals surface area (Å²) in [5, 5.41) is 7.29. The first kappa shape index (κ1) is 24.5. The third kappa shape index (κ3) is 5.32. The standard InChI is InChI=1S/C26H29ClFN5O3/c1-35-22-15-20-18(25(30-16-29-20)31-21-13-17(27)3-4-19(21)28)14-23(22)36-12-2-9-33-10-7-26(8-11-33)6-5-24(34)32-26/h3-4,13-16H,2,5-12H2,1H3,(H,32,34)(H,29,30,31). The smallest absolute Gasteiger partial charge is 0.220 e. The van der Waals surface area contributed by atoms with Gasteiger partial charge in [0.15, 0.2) is 11.5 Å². The molecule has 1 amide bonds. The molecule has 190 valence electrons. The monoisotopic (exact) mass is 513 g/mol. The van der Waals surface area contributed by atoms with E-state index in [1.54, 1.807) is 13.2 Å². The summed E-state index contributed by atoms with van der Waals surface area (Å²) < 4.78 is 25.9. The summed E-state index contributed by atoms with van der Waals surface area (Å²) in [6, 6.07) is 7.90. The van der Waals surface area contributed by atoms with Gasteiger partial charge in [0, 0.05) is 48.1 Å². The lowest BCUT2D eigenvalue weighted by Crippen LogP contribution is -2.51. The van der Waals surface area contributed by atoms with E-state index < -0.39 is 5.82 Å². The number of amides is 1. The third-order valence-corrected chi connectivity index (χ3v) is 7.26. The summed E-state index contributed by atoms with van der Waals surface area (Å²) in [6.45, 7) is 3.39. The minimum atomic E-state index is -0.435. The molecule has 0 atom stereocenters. The number of hydrogen-bond donors (Lipinski definition) is 2. The third-order valence-electron chi connectivity index (χ3n) is 7.03. The molecule has 2 aromatic carbocycles. The molecule has 36 heavy (non-hydrogen) atoms. The molecular weight excluding hydrogens is 485 g/mol. The number of rotatable bonds is 8. The van der Waals surface area contributed by atoms with E-state index in [-0.39, 0.29) is 17.1 Å². The Morgan fingerprint density at radius 2 is 2.00 bits per heavy atom. The lowest BCUT2D eigenvalue weighted by Gasteiger charge is -2.39. The highest BCUT2D eigenvalue weighted by atomic mass is 35.5. The first-order valence-corrected chi connectivity index (χ1v) is 12.5. The van der Waals surface area contributed by atoms with Crippen molar-refractivity contribution in [3.63, 3.8) is 0 Å². The van der Waals surface area contributed by atoms with Crippen molar-refractivity contribution in [1.82, 2.24) is 20.2 Å². The molecule has 2 fully saturated rings. The van der Waals surface area contributed by atoms with Crippen molar-refractivity contribution in [2.45, 2.75) is 37.6 Å². The van der Waals surface area contributed by atoms with E-state index in [0.29, 0.717) is 46.3 Å². The van der Waals surface area contributed by atoms with Gasteiger partial charge in [-0.05, 0) is 49.9 Å². The number of methoxy groups -OCH3 is 1. The van der Waals surface area contributed by atoms with Gasteiger partial charge in [-0.3, -0.25) is 4.79 Å². The molecule has 3 heterocycles. The highest BCUT2D eigenvalue weighted by molar-refractivity contribution is 6.30. The van der Waals surface area contributed by atoms with E-state index in [4.69, 9.17) is 21.1 Å². The van der Waals surface area contributed by atoms with E-state index in [2.05, 4.69) is 25.5 Å². The van der Waals surface area contributed by atoms with Gasteiger partial charge in [0.1, 0.15) is 18.0 Å². The first-order chi connectivity index (χ1) is 17.4. The first-order valence-electron chi connectivity index (χ1n) is 12.2. The molecule has 3 aromatic rings. The van der Waals surface area contributed by atoms with Crippen LogP contribution in [0.3, 0.4) is 0 Å². The summed E-state index contributed by atoms with van der Waals surface area (Å²) in [6.07, 6.45) is 5.87. The summed E-state index contributed by atoms with van der Waals surface area (Å²) in [5.41, 5.74) is 0.881. The number of nitrogens with zero attached hydrogens (tertiary/aromatic N) is 3. The Labute approximate surface area is 214 Å². The second-order valence-corrected chi connectivity index (χ2v) is 9.80. The van der Waals surface area contributed by atoms with Crippen LogP contribution in [-0.2, 0) is 4.79 Å². The molecule has 0 aliphatic carbocycles. The molecule has 2 N–H and O–H groups in total. The normalized spacial score (nSPS) is 17.4. The van der Waals surface area contributed by atoms with Gasteiger partial charge in [0.25, 0.3) is 0 Å². The molecule has 8 nitrogen and oxygen atoms in total. The van der Waals surface area contributed by atoms with Crippen LogP contribution in [0.2, 0.25) is 5.02 Å². The van der Waals surface area contributed by atoms with Crippen LogP contribution in [0.4, 0.5) is 15.9 Å². The van der Waals surface area contributed by atoms with Crippen molar-refractivity contribution < 1.29 is 18.7 Å². The number of likely N-dealkylation sites (tertiary alicyclic amines) is 1. The Bertz CT molecular complexity index is 1270. The predicted molar refractivity (Wildman–Crippen MR) is 137 cm³/mol. The molecule has 2 aliphatic rings. The van der Waals surface area contributed by atoms with Gasteiger partial charge in [-0.15, -0.1) is 0 Å². The average Bonchev–Trinajstić information content (AvgIpc) is 3.24. The highest BCUT2D eigenvalue weighted by Crippen LogP contribution is 2.36. The number of carbonyl (C=O) groups excluding carboxylic acids is 1. The summed E-state index contributed by atoms with van der Waals surface area (Å²) in [5.74, 6) is 1.33. The average molecular weight is 514 g/mol. The quantitative estimate of drug-likeness (QED) is 0.422. The summed E-state index contributed by atoms with van der Waals surface area (Å²) in [4.78, 5) is 22.7. The van der Waals surface area contributed by atoms with Crippen molar-refractivity contribution in [3.05, 3.63) is 47.5 Å². The molecule has 1 spiro atoms. The number of piperidine rings is 1. The maximum absolute atomic E-state index is 14.3. The minimum Gasteiger partial charge on any atom is -0.493 e. The maximum Gasteiger partial charge on any atom is 0.220 e. The van der Waals surface area contributed by atoms with Crippen LogP contribution in [0.25, 0.3) is 10.9 Å². The SMILES string of the molecule is COc1cc2ncnc(Nc3cc(Cl)ccc3F)c2cc1OCCCN1CCC2(CCC(=O)N2)CC1. The largest absolute Gasteiger partial charge is 0.493 e. The maximum atomic E-state index is 14.3. The van der Waals surface area contributed by atoms with Crippen molar-refractivity contribution in [2.75, 3.05) is 38.7 Å². The topological polar surface area (TPSA) is 88.6 Å². The molecular formula is C26H29ClFN5O3. The highest BCUT2D eigenvalue weighted by Gasteiger charge is 2.39. The molecule has 0 radical (unpaired) electrons. The molecule has 1 aromatic heterocycles. The Morgan fingerprint density at radius 3 is 2.75 bits per heavy atom. The number of fused-ring (bicyclic) bond motifs is 1. The van der Waals surface area contributed by atoms with Gasteiger partial charge in [-0.1, -0.05) is 11.6 Å². The number of hydrogen-bond acceptors (Lipinski definition) is 7. The molecule has 2 aliphatic heterocycles. The van der Waals surface area contributed by atoms with E-state index in [0.717, 1.165) is 45.3 Å². The van der Waals surface area contributed by atoms with Gasteiger partial charge < -0.3 is 25.0 Å². The van der Waals surface area contributed by atoms with Crippen LogP contribution in [0.15, 0.2) is 36.7 Å². The van der Waals surface area contributed by atoms with Crippen molar-refractivity contribution in [1.29, 1.82) is 0 Å². The van der Waals surface area contributed by atoms with Gasteiger partial charge >= 0.3 is 0 Å². The number of nitrogens with one attached hydrogen (secondary N) is 2. The summed E-state index contributed by atoms with van der Waals surface area (Å²) in [7, 11) is 1.58. The lowest BCUT2D eigenvalue weighted by molar-refractivity contribution is -0.120. The predicted octanol–water partition coefficient (Wildman–Crippen LogP) is 4.69. The zero-order chi connectivity index (χ0) is 25.1. The van der Waals surface area contributed by atoms with Crippen molar-refractivity contribution in [3.8, 4) is 11.5 Å². The second kappa shape index (κ2) is 10.4. The number of aromatic nitrogens is 2. The van der Waals surface area contributed by atoms with Crippen LogP contribution in [0.1, 0.15) is 32.1 Å². The van der Waals surface area contributed by atoms with E-state index in [1.807, 2.05) is 6.07 Å². The molecule has 10 heteroatoms. The fourth-order valence-electron chi connectivity index (χ4n) is 4.98. The van der Waals surface area contributed by atoms with Crippen molar-refractivity contribution in [2.24, 2.45) is 0 Å². The number of anilines is 2. The molecule has 0 unspecified atom stereocenters. The fourth-order valence-corrected chi connectivity index (χ4v) is 5.15. The van der Waals surface area contributed by atoms with Crippen molar-refractivity contribution >= 4 is 39.9 Å². The Kier molecular flexibility index (Phi) is 7.11. The number of halogens is 2.